The maximum Gasteiger partial charge on any atom is 0.326 e. The molecule has 3 heterocycles. The van der Waals surface area contributed by atoms with Crippen molar-refractivity contribution in [1.29, 1.82) is 0 Å². The Hall–Kier alpha value is -7.41. The van der Waals surface area contributed by atoms with Gasteiger partial charge in [-0.2, -0.15) is 0 Å². The van der Waals surface area contributed by atoms with Gasteiger partial charge in [-0.05, 0) is 116 Å². The number of nitrogens with zero attached hydrogens (tertiary/aromatic N) is 4. The van der Waals surface area contributed by atoms with Crippen LogP contribution in [0, 0.1) is 10.8 Å². The van der Waals surface area contributed by atoms with Crippen LogP contribution in [0.5, 0.6) is 0 Å². The highest BCUT2D eigenvalue weighted by Crippen LogP contribution is 2.35. The summed E-state index contributed by atoms with van der Waals surface area (Å²) in [5.74, 6) is -2.08. The van der Waals surface area contributed by atoms with Gasteiger partial charge in [0.2, 0.25) is 35.4 Å². The molecule has 6 N–H and O–H groups in total. The topological polar surface area (TPSA) is 216 Å². The summed E-state index contributed by atoms with van der Waals surface area (Å²) >= 11 is 0. The second kappa shape index (κ2) is 25.8. The highest BCUT2D eigenvalue weighted by molar-refractivity contribution is 5.96. The molecule has 438 valence electrons. The van der Waals surface area contributed by atoms with E-state index >= 15 is 9.59 Å². The van der Waals surface area contributed by atoms with E-state index in [2.05, 4.69) is 38.0 Å². The Morgan fingerprint density at radius 1 is 0.695 bits per heavy atom. The van der Waals surface area contributed by atoms with Crippen molar-refractivity contribution in [3.05, 3.63) is 143 Å². The minimum atomic E-state index is -0.976. The molecule has 0 radical (unpaired) electrons. The quantitative estimate of drug-likeness (QED) is 0.0575. The highest BCUT2D eigenvalue weighted by atomic mass is 16.5. The normalized spacial score (nSPS) is 19.8. The van der Waals surface area contributed by atoms with Gasteiger partial charge in [0.1, 0.15) is 24.2 Å². The van der Waals surface area contributed by atoms with E-state index < -0.39 is 71.1 Å². The molecule has 18 nitrogen and oxygen atoms in total. The smallest absolute Gasteiger partial charge is 0.326 e. The molecule has 5 aromatic rings. The molecular formula is C64H84N10O8. The first-order chi connectivity index (χ1) is 39.0. The van der Waals surface area contributed by atoms with Crippen LogP contribution < -0.4 is 31.9 Å². The molecular weight excluding hydrogens is 1040 g/mol. The number of rotatable bonds is 18. The maximum atomic E-state index is 15.8. The molecule has 9 atom stereocenters. The summed E-state index contributed by atoms with van der Waals surface area (Å²) in [5, 5.41) is 19.0. The lowest BCUT2D eigenvalue weighted by atomic mass is 9.84. The predicted molar refractivity (Wildman–Crippen MR) is 316 cm³/mol. The number of likely N-dealkylation sites (N-methyl/N-ethyl adjacent to an activating group) is 2. The van der Waals surface area contributed by atoms with Crippen LogP contribution in [0.1, 0.15) is 120 Å². The van der Waals surface area contributed by atoms with E-state index in [1.54, 1.807) is 51.0 Å². The molecule has 0 spiro atoms. The van der Waals surface area contributed by atoms with E-state index in [4.69, 9.17) is 4.74 Å². The van der Waals surface area contributed by atoms with Gasteiger partial charge < -0.3 is 51.3 Å². The van der Waals surface area contributed by atoms with Crippen molar-refractivity contribution in [3.8, 4) is 0 Å². The molecule has 0 unspecified atom stereocenters. The van der Waals surface area contributed by atoms with Crippen LogP contribution in [-0.4, -0.2) is 137 Å². The van der Waals surface area contributed by atoms with Gasteiger partial charge in [-0.3, -0.25) is 33.3 Å². The van der Waals surface area contributed by atoms with Gasteiger partial charge >= 0.3 is 6.03 Å². The Kier molecular flexibility index (Phi) is 19.1. The number of carbonyl (C=O) groups excluding carboxylic acids is 7. The Bertz CT molecular complexity index is 3130. The number of ether oxygens (including phenoxy) is 1. The number of carbonyl (C=O) groups is 7. The number of hydrogen-bond acceptors (Lipinski definition) is 10. The van der Waals surface area contributed by atoms with Crippen LogP contribution in [0.2, 0.25) is 0 Å². The molecule has 8 rings (SSSR count). The first-order valence-electron chi connectivity index (χ1n) is 28.8. The number of aromatic nitrogens is 1. The average molecular weight is 1120 g/mol. The number of methoxy groups -OCH3 is 1. The van der Waals surface area contributed by atoms with Crippen LogP contribution in [0.25, 0.3) is 10.9 Å². The summed E-state index contributed by atoms with van der Waals surface area (Å²) in [5.41, 5.74) is 4.85. The van der Waals surface area contributed by atoms with Crippen LogP contribution in [0.15, 0.2) is 109 Å². The van der Waals surface area contributed by atoms with Crippen molar-refractivity contribution in [2.75, 3.05) is 34.4 Å². The SMILES string of the molecule is CN[C@@H](C)C(=O)N[C@H](C(=O)N1C[C@@H](NC(=O)n2ccc3cc(CN(C(=O)[C@@H]4Cc5ccccc5CN4C(=O)[C@@H](NC(=O)[C@H](C)NC)C(C)(C)C)[C@@H](COC)c4ccccc4)ccc32)C[C@H]1C(=O)N[C@@H]1CCCc2ccccc21)C(C)(C)C. The molecule has 0 bridgehead atoms. The van der Waals surface area contributed by atoms with Crippen molar-refractivity contribution >= 4 is 52.4 Å². The van der Waals surface area contributed by atoms with Crippen LogP contribution >= 0.6 is 0 Å². The van der Waals surface area contributed by atoms with Crippen molar-refractivity contribution < 1.29 is 38.3 Å². The third-order valence-corrected chi connectivity index (χ3v) is 16.7. The number of nitrogens with one attached hydrogen (secondary N) is 6. The van der Waals surface area contributed by atoms with Gasteiger partial charge in [0.05, 0.1) is 42.3 Å². The van der Waals surface area contributed by atoms with Crippen LogP contribution in [0.3, 0.4) is 0 Å². The van der Waals surface area contributed by atoms with Gasteiger partial charge in [-0.25, -0.2) is 4.79 Å². The highest BCUT2D eigenvalue weighted by Gasteiger charge is 2.47. The maximum absolute atomic E-state index is 15.8. The van der Waals surface area contributed by atoms with Crippen LogP contribution in [-0.2, 0) is 59.4 Å². The lowest BCUT2D eigenvalue weighted by molar-refractivity contribution is -0.153. The predicted octanol–water partition coefficient (Wildman–Crippen LogP) is 6.31. The van der Waals surface area contributed by atoms with Gasteiger partial charge in [0.25, 0.3) is 0 Å². The summed E-state index contributed by atoms with van der Waals surface area (Å²) in [6, 6.07) is 26.1. The fraction of sp³-hybridized carbons (Fsp3) is 0.484. The zero-order valence-corrected chi connectivity index (χ0v) is 49.5. The number of hydrogen-bond donors (Lipinski definition) is 6. The van der Waals surface area contributed by atoms with E-state index in [9.17, 15) is 24.0 Å². The molecule has 7 amide bonds. The number of benzene rings is 4. The number of amides is 7. The summed E-state index contributed by atoms with van der Waals surface area (Å²) in [6.07, 6.45) is 4.62. The fourth-order valence-corrected chi connectivity index (χ4v) is 11.6. The molecule has 1 fully saturated rings. The lowest BCUT2D eigenvalue weighted by Gasteiger charge is -2.44. The summed E-state index contributed by atoms with van der Waals surface area (Å²) in [7, 11) is 4.95. The average Bonchev–Trinajstić information content (AvgIpc) is 4.22. The summed E-state index contributed by atoms with van der Waals surface area (Å²) in [6.45, 7) is 15.2. The second-order valence-electron chi connectivity index (χ2n) is 24.6. The van der Waals surface area contributed by atoms with E-state index in [0.29, 0.717) is 5.52 Å². The minimum absolute atomic E-state index is 0.0296. The summed E-state index contributed by atoms with van der Waals surface area (Å²) in [4.78, 5) is 106. The van der Waals surface area contributed by atoms with Gasteiger partial charge in [-0.1, -0.05) is 126 Å². The van der Waals surface area contributed by atoms with Gasteiger partial charge in [-0.15, -0.1) is 0 Å². The second-order valence-corrected chi connectivity index (χ2v) is 24.6. The Morgan fingerprint density at radius 2 is 1.29 bits per heavy atom. The Morgan fingerprint density at radius 3 is 1.91 bits per heavy atom. The monoisotopic (exact) mass is 1120 g/mol. The number of aryl methyl sites for hydroxylation is 1. The molecule has 1 saturated heterocycles. The van der Waals surface area contributed by atoms with E-state index in [0.717, 1.165) is 52.5 Å². The first-order valence-corrected chi connectivity index (χ1v) is 28.8. The summed E-state index contributed by atoms with van der Waals surface area (Å²) < 4.78 is 7.36. The van der Waals surface area contributed by atoms with Gasteiger partial charge in [0, 0.05) is 44.7 Å². The van der Waals surface area contributed by atoms with Crippen molar-refractivity contribution in [2.24, 2.45) is 10.8 Å². The van der Waals surface area contributed by atoms with E-state index in [-0.39, 0.29) is 74.7 Å². The third kappa shape index (κ3) is 13.6. The molecule has 2 aliphatic heterocycles. The molecule has 4 aromatic carbocycles. The molecule has 0 saturated carbocycles. The standard InChI is InChI=1S/C64H84N10O8/c1-39(65-9)56(75)69-54(63(3,4)5)60(79)73-36-46-24-16-15-23-44(46)33-52(73)59(78)72(53(38-82-11)43-21-13-12-14-22-43)35-41-28-29-50-45(32-41)30-31-71(50)62(81)67-47-34-51(58(77)68-49-27-19-25-42-20-17-18-26-48(42)49)74(37-47)61(80)55(64(6,7)8)70-57(76)40(2)66-10/h12-18,20-24,26,28-32,39-40,47,49,51-55,65-66H,19,25,27,33-38H2,1-11H3,(H,67,81)(H,68,77)(H,69,75)(H,70,76)/t39-,40-,47-,49+,51-,52-,53-,54+,55+/m0/s1. The van der Waals surface area contributed by atoms with E-state index in [1.807, 2.05) is 139 Å². The largest absolute Gasteiger partial charge is 0.382 e. The third-order valence-electron chi connectivity index (χ3n) is 16.7. The fourth-order valence-electron chi connectivity index (χ4n) is 11.6. The van der Waals surface area contributed by atoms with Crippen molar-refractivity contribution in [2.45, 2.75) is 155 Å². The number of fused-ring (bicyclic) bond motifs is 3. The van der Waals surface area contributed by atoms with Gasteiger partial charge in [0.15, 0.2) is 0 Å². The zero-order valence-electron chi connectivity index (χ0n) is 49.5. The number of likely N-dealkylation sites (tertiary alicyclic amines) is 1. The van der Waals surface area contributed by atoms with Crippen molar-refractivity contribution in [3.63, 3.8) is 0 Å². The molecule has 1 aliphatic carbocycles. The first kappa shape index (κ1) is 60.7. The van der Waals surface area contributed by atoms with E-state index in [1.165, 1.54) is 15.0 Å². The Balaban J connectivity index is 1.08. The molecule has 1 aromatic heterocycles. The molecule has 18 heteroatoms. The molecule has 3 aliphatic rings. The van der Waals surface area contributed by atoms with Crippen LogP contribution in [0.4, 0.5) is 4.79 Å². The van der Waals surface area contributed by atoms with Crippen molar-refractivity contribution in [1.82, 2.24) is 51.2 Å². The minimum Gasteiger partial charge on any atom is -0.382 e. The zero-order chi connectivity index (χ0) is 59.2. The lowest BCUT2D eigenvalue weighted by Crippen LogP contribution is -2.62. The molecule has 82 heavy (non-hydrogen) atoms. The Labute approximate surface area is 482 Å².